The Labute approximate surface area is 291 Å². The molecule has 250 valence electrons. The first-order valence-electron chi connectivity index (χ1n) is 15.1. The number of methoxy groups -OCH3 is 2. The zero-order valence-electron chi connectivity index (χ0n) is 27.0. The number of hydrogen-bond acceptors (Lipinski definition) is 9. The van der Waals surface area contributed by atoms with Crippen molar-refractivity contribution in [1.82, 2.24) is 10.2 Å². The van der Waals surface area contributed by atoms with Crippen molar-refractivity contribution in [3.63, 3.8) is 0 Å². The highest BCUT2D eigenvalue weighted by Crippen LogP contribution is 2.37. The fraction of sp³-hybridized carbons (Fsp3) is 0.194. The number of fused-ring (bicyclic) bond motifs is 1. The van der Waals surface area contributed by atoms with Gasteiger partial charge in [0.1, 0.15) is 28.3 Å². The Morgan fingerprint density at radius 1 is 1.00 bits per heavy atom. The van der Waals surface area contributed by atoms with Gasteiger partial charge in [-0.2, -0.15) is 5.26 Å². The molecule has 0 atom stereocenters. The molecule has 1 aliphatic heterocycles. The highest BCUT2D eigenvalue weighted by molar-refractivity contribution is 8.00. The number of nitrogens with one attached hydrogen (secondary N) is 3. The number of rotatable bonds is 11. The Kier molecular flexibility index (Phi) is 11.4. The molecule has 13 heteroatoms. The lowest BCUT2D eigenvalue weighted by Gasteiger charge is -2.25. The number of amides is 4. The minimum atomic E-state index is -0.573. The monoisotopic (exact) mass is 695 g/mol. The molecule has 3 N–H and O–H groups in total. The van der Waals surface area contributed by atoms with Crippen LogP contribution in [0.3, 0.4) is 0 Å². The zero-order chi connectivity index (χ0) is 34.9. The van der Waals surface area contributed by atoms with E-state index in [2.05, 4.69) is 22.0 Å². The van der Waals surface area contributed by atoms with Gasteiger partial charge in [-0.1, -0.05) is 24.3 Å². The maximum Gasteiger partial charge on any atom is 0.272 e. The van der Waals surface area contributed by atoms with Gasteiger partial charge in [-0.05, 0) is 60.5 Å². The van der Waals surface area contributed by atoms with Crippen LogP contribution in [0.2, 0.25) is 0 Å². The Morgan fingerprint density at radius 2 is 1.80 bits per heavy atom. The number of thioether (sulfide) groups is 1. The number of hydrogen-bond donors (Lipinski definition) is 3. The second kappa shape index (κ2) is 16.0. The van der Waals surface area contributed by atoms with Gasteiger partial charge in [0.15, 0.2) is 0 Å². The number of thiophene rings is 1. The van der Waals surface area contributed by atoms with Gasteiger partial charge in [-0.3, -0.25) is 19.2 Å². The van der Waals surface area contributed by atoms with Crippen LogP contribution < -0.4 is 25.4 Å². The molecule has 0 saturated heterocycles. The van der Waals surface area contributed by atoms with Gasteiger partial charge in [0.2, 0.25) is 11.8 Å². The summed E-state index contributed by atoms with van der Waals surface area (Å²) in [5, 5.41) is 18.7. The number of nitriles is 1. The van der Waals surface area contributed by atoms with E-state index < -0.39 is 11.8 Å². The van der Waals surface area contributed by atoms with Crippen LogP contribution in [-0.2, 0) is 27.3 Å². The quantitative estimate of drug-likeness (QED) is 0.134. The first-order chi connectivity index (χ1) is 23.7. The lowest BCUT2D eigenvalue weighted by molar-refractivity contribution is -0.129. The van der Waals surface area contributed by atoms with E-state index in [9.17, 15) is 24.4 Å². The maximum atomic E-state index is 13.6. The fourth-order valence-corrected chi connectivity index (χ4v) is 7.07. The molecular formula is C36H33N5O6S2. The highest BCUT2D eigenvalue weighted by Gasteiger charge is 2.26. The van der Waals surface area contributed by atoms with Crippen LogP contribution >= 0.6 is 23.1 Å². The number of carbonyl (C=O) groups excluding carboxylic acids is 4. The first-order valence-corrected chi connectivity index (χ1v) is 16.9. The largest absolute Gasteiger partial charge is 0.497 e. The summed E-state index contributed by atoms with van der Waals surface area (Å²) in [5.74, 6) is -0.293. The van der Waals surface area contributed by atoms with Crippen molar-refractivity contribution in [2.75, 3.05) is 37.2 Å². The average Bonchev–Trinajstić information content (AvgIpc) is 3.46. The lowest BCUT2D eigenvalue weighted by Crippen LogP contribution is -2.33. The third-order valence-corrected chi connectivity index (χ3v) is 9.72. The molecule has 0 fully saturated rings. The molecule has 11 nitrogen and oxygen atoms in total. The minimum absolute atomic E-state index is 0.0203. The summed E-state index contributed by atoms with van der Waals surface area (Å²) in [6, 6.07) is 22.8. The molecule has 4 aromatic rings. The van der Waals surface area contributed by atoms with E-state index in [1.165, 1.54) is 50.3 Å². The molecule has 0 saturated carbocycles. The van der Waals surface area contributed by atoms with Gasteiger partial charge in [0, 0.05) is 46.1 Å². The van der Waals surface area contributed by atoms with E-state index in [1.807, 2.05) is 6.07 Å². The molecule has 2 heterocycles. The van der Waals surface area contributed by atoms with Gasteiger partial charge < -0.3 is 30.3 Å². The van der Waals surface area contributed by atoms with Gasteiger partial charge >= 0.3 is 0 Å². The van der Waals surface area contributed by atoms with Crippen molar-refractivity contribution in [3.05, 3.63) is 106 Å². The summed E-state index contributed by atoms with van der Waals surface area (Å²) >= 11 is 2.58. The third kappa shape index (κ3) is 8.67. The maximum absolute atomic E-state index is 13.6. The molecule has 0 spiro atoms. The molecule has 1 aliphatic rings. The Bertz CT molecular complexity index is 1970. The van der Waals surface area contributed by atoms with Crippen LogP contribution in [0.1, 0.15) is 38.8 Å². The number of nitrogens with zero attached hydrogens (tertiary/aromatic N) is 2. The van der Waals surface area contributed by atoms with E-state index in [1.54, 1.807) is 71.6 Å². The van der Waals surface area contributed by atoms with Crippen molar-refractivity contribution >= 4 is 63.5 Å². The fourth-order valence-electron chi connectivity index (χ4n) is 5.09. The number of carbonyl (C=O) groups is 4. The normalized spacial score (nSPS) is 12.3. The zero-order valence-corrected chi connectivity index (χ0v) is 28.6. The number of anilines is 2. The summed E-state index contributed by atoms with van der Waals surface area (Å²) < 4.78 is 10.8. The van der Waals surface area contributed by atoms with Gasteiger partial charge in [-0.15, -0.1) is 23.1 Å². The molecule has 0 bridgehead atoms. The number of ether oxygens (including phenoxy) is 2. The second-order valence-corrected chi connectivity index (χ2v) is 13.0. The molecular weight excluding hydrogens is 663 g/mol. The molecule has 0 radical (unpaired) electrons. The van der Waals surface area contributed by atoms with Crippen LogP contribution in [0, 0.1) is 11.3 Å². The topological polar surface area (TPSA) is 150 Å². The van der Waals surface area contributed by atoms with Crippen LogP contribution in [-0.4, -0.2) is 55.0 Å². The van der Waals surface area contributed by atoms with Crippen molar-refractivity contribution in [2.24, 2.45) is 0 Å². The Morgan fingerprint density at radius 3 is 2.51 bits per heavy atom. The minimum Gasteiger partial charge on any atom is -0.497 e. The Balaban J connectivity index is 1.28. The van der Waals surface area contributed by atoms with Gasteiger partial charge in [-0.25, -0.2) is 0 Å². The summed E-state index contributed by atoms with van der Waals surface area (Å²) in [7, 11) is 3.03. The predicted octanol–water partition coefficient (Wildman–Crippen LogP) is 5.68. The van der Waals surface area contributed by atoms with E-state index in [4.69, 9.17) is 9.47 Å². The lowest BCUT2D eigenvalue weighted by atomic mass is 10.0. The average molecular weight is 696 g/mol. The Hall–Kier alpha value is -5.58. The highest BCUT2D eigenvalue weighted by atomic mass is 32.2. The molecule has 5 rings (SSSR count). The van der Waals surface area contributed by atoms with Crippen LogP contribution in [0.4, 0.5) is 10.7 Å². The first kappa shape index (κ1) is 34.7. The van der Waals surface area contributed by atoms with Gasteiger partial charge in [0.05, 0.1) is 32.1 Å². The van der Waals surface area contributed by atoms with Gasteiger partial charge in [0.25, 0.3) is 11.8 Å². The molecule has 1 aromatic heterocycles. The van der Waals surface area contributed by atoms with E-state index >= 15 is 0 Å². The van der Waals surface area contributed by atoms with E-state index in [-0.39, 0.29) is 23.3 Å². The summed E-state index contributed by atoms with van der Waals surface area (Å²) in [5.41, 5.74) is 2.68. The SMILES string of the molecule is COc1ccc(/C=C(/NC(=O)c2ccccc2)C(=O)Nc2cccc(SCC(=O)Nc3sc4c(c3C#N)CCN(C(C)=O)C4)c2)c(OC)c1. The van der Waals surface area contributed by atoms with Crippen molar-refractivity contribution in [1.29, 1.82) is 5.26 Å². The summed E-state index contributed by atoms with van der Waals surface area (Å²) in [4.78, 5) is 54.8. The second-order valence-electron chi connectivity index (χ2n) is 10.8. The van der Waals surface area contributed by atoms with E-state index in [0.29, 0.717) is 63.3 Å². The molecule has 49 heavy (non-hydrogen) atoms. The van der Waals surface area contributed by atoms with Crippen LogP contribution in [0.5, 0.6) is 11.5 Å². The van der Waals surface area contributed by atoms with Crippen molar-refractivity contribution in [3.8, 4) is 17.6 Å². The predicted molar refractivity (Wildman–Crippen MR) is 190 cm³/mol. The molecule has 0 unspecified atom stereocenters. The van der Waals surface area contributed by atoms with Crippen LogP contribution in [0.25, 0.3) is 6.08 Å². The van der Waals surface area contributed by atoms with Crippen molar-refractivity contribution in [2.45, 2.75) is 24.8 Å². The summed E-state index contributed by atoms with van der Waals surface area (Å²) in [6.45, 7) is 2.48. The third-order valence-electron chi connectivity index (χ3n) is 7.60. The molecule has 3 aromatic carbocycles. The van der Waals surface area contributed by atoms with E-state index in [0.717, 1.165) is 10.4 Å². The number of benzene rings is 3. The van der Waals surface area contributed by atoms with Crippen LogP contribution in [0.15, 0.2) is 83.4 Å². The molecule has 0 aliphatic carbocycles. The molecule has 4 amide bonds. The standard InChI is InChI=1S/C36H33N5O6S2/c1-22(42)41-15-14-28-29(19-37)36(49-32(28)20-41)40-33(43)21-48-27-11-7-10-25(17-27)38-35(45)30(39-34(44)23-8-5-4-6-9-23)16-24-12-13-26(46-2)18-31(24)47-3/h4-13,16-18H,14-15,20-21H2,1-3H3,(H,38,45)(H,39,44)(H,40,43)/b30-16+. The smallest absolute Gasteiger partial charge is 0.272 e. The van der Waals surface area contributed by atoms with Crippen molar-refractivity contribution < 1.29 is 28.7 Å². The summed E-state index contributed by atoms with van der Waals surface area (Å²) in [6.07, 6.45) is 2.09.